The van der Waals surface area contributed by atoms with Crippen LogP contribution in [-0.2, 0) is 10.0 Å². The van der Waals surface area contributed by atoms with Gasteiger partial charge in [0, 0.05) is 12.6 Å². The Morgan fingerprint density at radius 1 is 1.03 bits per heavy atom. The fraction of sp³-hybridized carbons (Fsp3) is 0.174. The van der Waals surface area contributed by atoms with E-state index in [1.165, 1.54) is 49.5 Å². The van der Waals surface area contributed by atoms with E-state index in [1.807, 2.05) is 19.1 Å². The Labute approximate surface area is 181 Å². The zero-order valence-electron chi connectivity index (χ0n) is 17.4. The lowest BCUT2D eigenvalue weighted by Gasteiger charge is -2.20. The average Bonchev–Trinajstić information content (AvgIpc) is 2.79. The average molecular weight is 443 g/mol. The van der Waals surface area contributed by atoms with Gasteiger partial charge in [-0.2, -0.15) is 0 Å². The zero-order chi connectivity index (χ0) is 22.6. The number of benzene rings is 3. The van der Waals surface area contributed by atoms with Gasteiger partial charge in [0.1, 0.15) is 11.6 Å². The van der Waals surface area contributed by atoms with Gasteiger partial charge in [-0.15, -0.1) is 0 Å². The number of hydrogen-bond acceptors (Lipinski definition) is 4. The summed E-state index contributed by atoms with van der Waals surface area (Å²) in [6.07, 6.45) is 0. The van der Waals surface area contributed by atoms with Crippen LogP contribution < -0.4 is 14.4 Å². The molecule has 31 heavy (non-hydrogen) atoms. The number of methoxy groups -OCH3 is 1. The lowest BCUT2D eigenvalue weighted by atomic mass is 10.1. The van der Waals surface area contributed by atoms with Crippen molar-refractivity contribution in [3.05, 3.63) is 89.7 Å². The maximum Gasteiger partial charge on any atom is 0.264 e. The highest BCUT2D eigenvalue weighted by Gasteiger charge is 2.24. The molecule has 0 bridgehead atoms. The number of nitrogens with one attached hydrogen (secondary N) is 1. The number of hydrogen-bond donors (Lipinski definition) is 1. The van der Waals surface area contributed by atoms with Crippen molar-refractivity contribution in [2.24, 2.45) is 0 Å². The van der Waals surface area contributed by atoms with Gasteiger partial charge in [-0.25, -0.2) is 12.8 Å². The Morgan fingerprint density at radius 3 is 2.35 bits per heavy atom. The van der Waals surface area contributed by atoms with Crippen molar-refractivity contribution in [1.82, 2.24) is 5.32 Å². The molecule has 8 heteroatoms. The van der Waals surface area contributed by atoms with Crippen LogP contribution in [0.2, 0.25) is 0 Å². The van der Waals surface area contributed by atoms with Gasteiger partial charge in [-0.3, -0.25) is 9.10 Å². The number of sulfonamides is 1. The SMILES string of the molecule is COc1ccc([C@@H](C)NC(=O)c2cccc(S(=O)(=O)N(C)c3ccccc3F)c2)cc1. The van der Waals surface area contributed by atoms with Gasteiger partial charge in [-0.1, -0.05) is 30.3 Å². The Bertz CT molecular complexity index is 1180. The molecule has 0 unspecified atom stereocenters. The van der Waals surface area contributed by atoms with Crippen molar-refractivity contribution in [2.45, 2.75) is 17.9 Å². The molecule has 0 aliphatic carbocycles. The molecule has 1 amide bonds. The van der Waals surface area contributed by atoms with E-state index in [2.05, 4.69) is 5.32 Å². The Morgan fingerprint density at radius 2 is 1.71 bits per heavy atom. The maximum atomic E-state index is 14.1. The highest BCUT2D eigenvalue weighted by Crippen LogP contribution is 2.25. The third kappa shape index (κ3) is 4.86. The predicted octanol–water partition coefficient (Wildman–Crippen LogP) is 4.15. The molecule has 0 spiro atoms. The minimum Gasteiger partial charge on any atom is -0.497 e. The second-order valence-electron chi connectivity index (χ2n) is 6.92. The molecule has 0 aliphatic heterocycles. The summed E-state index contributed by atoms with van der Waals surface area (Å²) in [7, 11) is -1.22. The summed E-state index contributed by atoms with van der Waals surface area (Å²) >= 11 is 0. The first-order valence-electron chi connectivity index (χ1n) is 9.52. The summed E-state index contributed by atoms with van der Waals surface area (Å²) in [5.41, 5.74) is 0.978. The second kappa shape index (κ2) is 9.18. The Kier molecular flexibility index (Phi) is 6.60. The van der Waals surface area contributed by atoms with Crippen molar-refractivity contribution in [3.63, 3.8) is 0 Å². The topological polar surface area (TPSA) is 75.7 Å². The minimum absolute atomic E-state index is 0.0783. The summed E-state index contributed by atoms with van der Waals surface area (Å²) in [6, 6.07) is 18.2. The molecule has 6 nitrogen and oxygen atoms in total. The minimum atomic E-state index is -4.06. The van der Waals surface area contributed by atoms with E-state index in [1.54, 1.807) is 25.3 Å². The molecule has 1 N–H and O–H groups in total. The monoisotopic (exact) mass is 442 g/mol. The van der Waals surface area contributed by atoms with Crippen LogP contribution in [0.25, 0.3) is 0 Å². The number of carbonyl (C=O) groups excluding carboxylic acids is 1. The van der Waals surface area contributed by atoms with E-state index < -0.39 is 21.7 Å². The maximum absolute atomic E-state index is 14.1. The first-order valence-corrected chi connectivity index (χ1v) is 11.0. The number of ether oxygens (including phenoxy) is 1. The van der Waals surface area contributed by atoms with E-state index in [9.17, 15) is 17.6 Å². The molecule has 0 aromatic heterocycles. The molecule has 0 heterocycles. The smallest absolute Gasteiger partial charge is 0.264 e. The van der Waals surface area contributed by atoms with Gasteiger partial charge in [0.2, 0.25) is 0 Å². The first kappa shape index (κ1) is 22.3. The molecule has 1 atom stereocenters. The molecular weight excluding hydrogens is 419 g/mol. The van der Waals surface area contributed by atoms with Crippen LogP contribution in [0.4, 0.5) is 10.1 Å². The van der Waals surface area contributed by atoms with Crippen LogP contribution in [0.3, 0.4) is 0 Å². The highest BCUT2D eigenvalue weighted by molar-refractivity contribution is 7.92. The first-order chi connectivity index (χ1) is 14.7. The third-order valence-corrected chi connectivity index (χ3v) is 6.68. The van der Waals surface area contributed by atoms with Crippen molar-refractivity contribution in [1.29, 1.82) is 0 Å². The molecule has 162 valence electrons. The standard InChI is InChI=1S/C23H23FN2O4S/c1-16(17-11-13-19(30-3)14-12-17)25-23(27)18-7-6-8-20(15-18)31(28,29)26(2)22-10-5-4-9-21(22)24/h4-16H,1-3H3,(H,25,27)/t16-/m1/s1. The van der Waals surface area contributed by atoms with Crippen LogP contribution in [0.5, 0.6) is 5.75 Å². The summed E-state index contributed by atoms with van der Waals surface area (Å²) < 4.78 is 46.0. The lowest BCUT2D eigenvalue weighted by Crippen LogP contribution is -2.29. The van der Waals surface area contributed by atoms with E-state index in [0.717, 1.165) is 9.87 Å². The van der Waals surface area contributed by atoms with Gasteiger partial charge in [0.05, 0.1) is 23.7 Å². The molecule has 3 aromatic rings. The summed E-state index contributed by atoms with van der Waals surface area (Å²) in [5.74, 6) is -0.371. The van der Waals surface area contributed by atoms with Crippen molar-refractivity contribution >= 4 is 21.6 Å². The molecular formula is C23H23FN2O4S. The number of amides is 1. The zero-order valence-corrected chi connectivity index (χ0v) is 18.2. The van der Waals surface area contributed by atoms with E-state index in [4.69, 9.17) is 4.74 Å². The number of rotatable bonds is 7. The molecule has 0 aliphatic rings. The van der Waals surface area contributed by atoms with Gasteiger partial charge in [0.25, 0.3) is 15.9 Å². The molecule has 3 aromatic carbocycles. The van der Waals surface area contributed by atoms with Crippen LogP contribution >= 0.6 is 0 Å². The molecule has 0 saturated heterocycles. The van der Waals surface area contributed by atoms with E-state index >= 15 is 0 Å². The number of anilines is 1. The fourth-order valence-electron chi connectivity index (χ4n) is 3.05. The van der Waals surface area contributed by atoms with Gasteiger partial charge in [-0.05, 0) is 55.0 Å². The van der Waals surface area contributed by atoms with Gasteiger partial charge >= 0.3 is 0 Å². The lowest BCUT2D eigenvalue weighted by molar-refractivity contribution is 0.0939. The normalized spacial score (nSPS) is 12.1. The van der Waals surface area contributed by atoms with Crippen molar-refractivity contribution < 1.29 is 22.3 Å². The molecule has 0 radical (unpaired) electrons. The van der Waals surface area contributed by atoms with Gasteiger partial charge < -0.3 is 10.1 Å². The van der Waals surface area contributed by atoms with Crippen LogP contribution in [0.1, 0.15) is 28.9 Å². The largest absolute Gasteiger partial charge is 0.497 e. The van der Waals surface area contributed by atoms with Crippen molar-refractivity contribution in [3.8, 4) is 5.75 Å². The number of nitrogens with zero attached hydrogens (tertiary/aromatic N) is 1. The van der Waals surface area contributed by atoms with Crippen LogP contribution in [-0.4, -0.2) is 28.5 Å². The quantitative estimate of drug-likeness (QED) is 0.596. The molecule has 3 rings (SSSR count). The number of carbonyl (C=O) groups is 1. The van der Waals surface area contributed by atoms with E-state index in [0.29, 0.717) is 5.75 Å². The Hall–Kier alpha value is -3.39. The summed E-state index contributed by atoms with van der Waals surface area (Å²) in [5, 5.41) is 2.85. The van der Waals surface area contributed by atoms with Crippen LogP contribution in [0.15, 0.2) is 77.7 Å². The summed E-state index contributed by atoms with van der Waals surface area (Å²) in [6.45, 7) is 1.83. The molecule has 0 saturated carbocycles. The number of halogens is 1. The molecule has 0 fully saturated rings. The van der Waals surface area contributed by atoms with Crippen molar-refractivity contribution in [2.75, 3.05) is 18.5 Å². The summed E-state index contributed by atoms with van der Waals surface area (Å²) in [4.78, 5) is 12.6. The third-order valence-electron chi connectivity index (χ3n) is 4.91. The van der Waals surface area contributed by atoms with Gasteiger partial charge in [0.15, 0.2) is 0 Å². The Balaban J connectivity index is 1.81. The van der Waals surface area contributed by atoms with E-state index in [-0.39, 0.29) is 22.2 Å². The number of para-hydroxylation sites is 1. The van der Waals surface area contributed by atoms with Crippen LogP contribution in [0, 0.1) is 5.82 Å². The fourth-order valence-corrected chi connectivity index (χ4v) is 4.30. The highest BCUT2D eigenvalue weighted by atomic mass is 32.2. The second-order valence-corrected chi connectivity index (χ2v) is 8.89. The predicted molar refractivity (Wildman–Crippen MR) is 117 cm³/mol.